The van der Waals surface area contributed by atoms with Crippen LogP contribution in [0.3, 0.4) is 0 Å². The third-order valence-electron chi connectivity index (χ3n) is 4.12. The molecule has 1 aliphatic rings. The second kappa shape index (κ2) is 5.41. The lowest BCUT2D eigenvalue weighted by molar-refractivity contribution is 1.38. The van der Waals surface area contributed by atoms with Gasteiger partial charge in [0.2, 0.25) is 0 Å². The number of hydrogen-bond acceptors (Lipinski definition) is 0. The summed E-state index contributed by atoms with van der Waals surface area (Å²) in [6, 6.07) is 19.3. The van der Waals surface area contributed by atoms with Crippen molar-refractivity contribution in [1.29, 1.82) is 0 Å². The fraction of sp³-hybridized carbons (Fsp3) is 0.158. The summed E-state index contributed by atoms with van der Waals surface area (Å²) in [6.07, 6.45) is 1.03. The third-order valence-corrected chi connectivity index (χ3v) is 4.61. The molecule has 3 rings (SSSR count). The summed E-state index contributed by atoms with van der Waals surface area (Å²) in [7, 11) is 0. The van der Waals surface area contributed by atoms with Crippen LogP contribution in [0, 0.1) is 0 Å². The van der Waals surface area contributed by atoms with Crippen molar-refractivity contribution in [3.63, 3.8) is 0 Å². The normalized spacial score (nSPS) is 15.2. The smallest absolute Gasteiger partial charge is 0.0181 e. The van der Waals surface area contributed by atoms with Gasteiger partial charge in [-0.2, -0.15) is 0 Å². The van der Waals surface area contributed by atoms with Crippen molar-refractivity contribution in [3.8, 4) is 0 Å². The van der Waals surface area contributed by atoms with Crippen molar-refractivity contribution in [2.24, 2.45) is 0 Å². The van der Waals surface area contributed by atoms with E-state index in [1.165, 1.54) is 33.4 Å². The molecule has 0 atom stereocenters. The van der Waals surface area contributed by atoms with E-state index in [9.17, 15) is 0 Å². The van der Waals surface area contributed by atoms with Crippen LogP contribution in [0.5, 0.6) is 0 Å². The lowest BCUT2D eigenvalue weighted by Gasteiger charge is -2.07. The molecule has 0 saturated heterocycles. The van der Waals surface area contributed by atoms with Gasteiger partial charge in [0.1, 0.15) is 0 Å². The Morgan fingerprint density at radius 1 is 0.750 bits per heavy atom. The highest BCUT2D eigenvalue weighted by molar-refractivity contribution is 9.10. The Morgan fingerprint density at radius 3 is 2.00 bits per heavy atom. The maximum atomic E-state index is 3.57. The van der Waals surface area contributed by atoms with E-state index in [1.807, 2.05) is 0 Å². The Balaban J connectivity index is 2.00. The van der Waals surface area contributed by atoms with E-state index in [2.05, 4.69) is 84.4 Å². The largest absolute Gasteiger partial charge is 0.0622 e. The highest BCUT2D eigenvalue weighted by Gasteiger charge is 2.20. The first-order chi connectivity index (χ1) is 9.66. The molecule has 0 unspecified atom stereocenters. The average molecular weight is 325 g/mol. The fourth-order valence-electron chi connectivity index (χ4n) is 2.85. The maximum Gasteiger partial charge on any atom is 0.0181 e. The molecule has 0 heterocycles. The summed E-state index contributed by atoms with van der Waals surface area (Å²) in [5.41, 5.74) is 8.41. The number of rotatable bonds is 2. The molecular weight excluding hydrogens is 308 g/mol. The minimum atomic E-state index is 1.03. The van der Waals surface area contributed by atoms with Crippen LogP contribution in [0.1, 0.15) is 31.4 Å². The standard InChI is InChI=1S/C19H17Br/c1-13-14(2)19(16-9-6-10-17(20)11-16)12-18(13)15-7-4-3-5-8-15/h3-11H,12H2,1-2H3. The SMILES string of the molecule is CC1=C(c2ccccc2)CC(c2cccc(Br)c2)=C1C. The molecule has 1 aliphatic carbocycles. The minimum absolute atomic E-state index is 1.03. The summed E-state index contributed by atoms with van der Waals surface area (Å²) in [5.74, 6) is 0. The van der Waals surface area contributed by atoms with Crippen LogP contribution in [0.4, 0.5) is 0 Å². The molecule has 1 heteroatoms. The van der Waals surface area contributed by atoms with Crippen LogP contribution in [0.25, 0.3) is 11.1 Å². The second-order valence-electron chi connectivity index (χ2n) is 5.26. The molecule has 2 aromatic carbocycles. The Labute approximate surface area is 129 Å². The molecule has 0 aromatic heterocycles. The Kier molecular flexibility index (Phi) is 3.62. The van der Waals surface area contributed by atoms with E-state index in [1.54, 1.807) is 0 Å². The quantitative estimate of drug-likeness (QED) is 0.626. The van der Waals surface area contributed by atoms with Crippen LogP contribution in [-0.2, 0) is 0 Å². The summed E-state index contributed by atoms with van der Waals surface area (Å²) >= 11 is 3.57. The van der Waals surface area contributed by atoms with E-state index in [0.717, 1.165) is 10.9 Å². The summed E-state index contributed by atoms with van der Waals surface area (Å²) < 4.78 is 1.14. The van der Waals surface area contributed by atoms with Crippen molar-refractivity contribution < 1.29 is 0 Å². The Bertz CT molecular complexity index is 706. The molecule has 2 aromatic rings. The molecule has 0 fully saturated rings. The predicted octanol–water partition coefficient (Wildman–Crippen LogP) is 6.10. The highest BCUT2D eigenvalue weighted by atomic mass is 79.9. The van der Waals surface area contributed by atoms with E-state index < -0.39 is 0 Å². The first kappa shape index (κ1) is 13.4. The molecule has 0 aliphatic heterocycles. The number of hydrogen-bond donors (Lipinski definition) is 0. The van der Waals surface area contributed by atoms with Crippen LogP contribution < -0.4 is 0 Å². The van der Waals surface area contributed by atoms with Gasteiger partial charge in [-0.05, 0) is 65.8 Å². The van der Waals surface area contributed by atoms with Gasteiger partial charge < -0.3 is 0 Å². The van der Waals surface area contributed by atoms with Gasteiger partial charge in [-0.15, -0.1) is 0 Å². The third kappa shape index (κ3) is 2.38. The van der Waals surface area contributed by atoms with Crippen molar-refractivity contribution in [1.82, 2.24) is 0 Å². The number of halogens is 1. The zero-order chi connectivity index (χ0) is 14.1. The highest BCUT2D eigenvalue weighted by Crippen LogP contribution is 2.42. The average Bonchev–Trinajstić information content (AvgIpc) is 2.76. The van der Waals surface area contributed by atoms with Gasteiger partial charge in [0.15, 0.2) is 0 Å². The summed E-state index contributed by atoms with van der Waals surface area (Å²) in [4.78, 5) is 0. The molecule has 0 bridgehead atoms. The van der Waals surface area contributed by atoms with Gasteiger partial charge in [0, 0.05) is 4.47 Å². The fourth-order valence-corrected chi connectivity index (χ4v) is 3.25. The van der Waals surface area contributed by atoms with Crippen molar-refractivity contribution >= 4 is 27.1 Å². The van der Waals surface area contributed by atoms with Crippen LogP contribution in [0.2, 0.25) is 0 Å². The van der Waals surface area contributed by atoms with Gasteiger partial charge in [-0.3, -0.25) is 0 Å². The maximum absolute atomic E-state index is 3.57. The molecule has 0 N–H and O–H groups in total. The number of allylic oxidation sites excluding steroid dienone is 4. The van der Waals surface area contributed by atoms with E-state index >= 15 is 0 Å². The molecule has 100 valence electrons. The molecule has 20 heavy (non-hydrogen) atoms. The topological polar surface area (TPSA) is 0 Å². The van der Waals surface area contributed by atoms with Crippen molar-refractivity contribution in [3.05, 3.63) is 81.3 Å². The molecule has 0 radical (unpaired) electrons. The molecule has 0 amide bonds. The molecule has 0 nitrogen and oxygen atoms in total. The van der Waals surface area contributed by atoms with Crippen LogP contribution in [0.15, 0.2) is 70.2 Å². The zero-order valence-electron chi connectivity index (χ0n) is 11.8. The summed E-state index contributed by atoms with van der Waals surface area (Å²) in [5, 5.41) is 0. The van der Waals surface area contributed by atoms with Gasteiger partial charge in [0.05, 0.1) is 0 Å². The van der Waals surface area contributed by atoms with E-state index in [-0.39, 0.29) is 0 Å². The lowest BCUT2D eigenvalue weighted by atomic mass is 9.98. The minimum Gasteiger partial charge on any atom is -0.0622 e. The predicted molar refractivity (Wildman–Crippen MR) is 90.4 cm³/mol. The molecular formula is C19H17Br. The number of benzene rings is 2. The summed E-state index contributed by atoms with van der Waals surface area (Å²) in [6.45, 7) is 4.48. The molecule has 0 spiro atoms. The van der Waals surface area contributed by atoms with E-state index in [4.69, 9.17) is 0 Å². The van der Waals surface area contributed by atoms with Crippen molar-refractivity contribution in [2.45, 2.75) is 20.3 Å². The zero-order valence-corrected chi connectivity index (χ0v) is 13.4. The van der Waals surface area contributed by atoms with Crippen LogP contribution in [-0.4, -0.2) is 0 Å². The Morgan fingerprint density at radius 2 is 1.35 bits per heavy atom. The van der Waals surface area contributed by atoms with Gasteiger partial charge in [-0.25, -0.2) is 0 Å². The van der Waals surface area contributed by atoms with E-state index in [0.29, 0.717) is 0 Å². The first-order valence-electron chi connectivity index (χ1n) is 6.88. The van der Waals surface area contributed by atoms with Crippen LogP contribution >= 0.6 is 15.9 Å². The van der Waals surface area contributed by atoms with Crippen molar-refractivity contribution in [2.75, 3.05) is 0 Å². The monoisotopic (exact) mass is 324 g/mol. The second-order valence-corrected chi connectivity index (χ2v) is 6.18. The van der Waals surface area contributed by atoms with Gasteiger partial charge >= 0.3 is 0 Å². The van der Waals surface area contributed by atoms with Gasteiger partial charge in [0.25, 0.3) is 0 Å². The lowest BCUT2D eigenvalue weighted by Crippen LogP contribution is -1.85. The van der Waals surface area contributed by atoms with Gasteiger partial charge in [-0.1, -0.05) is 58.4 Å². The Hall–Kier alpha value is -1.60. The first-order valence-corrected chi connectivity index (χ1v) is 7.67. The molecule has 0 saturated carbocycles.